The molecule has 4 nitrogen and oxygen atoms in total. The van der Waals surface area contributed by atoms with Crippen molar-refractivity contribution < 1.29 is 14.3 Å². The van der Waals surface area contributed by atoms with E-state index in [1.807, 2.05) is 0 Å². The van der Waals surface area contributed by atoms with Crippen LogP contribution >= 0.6 is 23.2 Å². The maximum absolute atomic E-state index is 11.4. The molecule has 1 amide bonds. The fourth-order valence-corrected chi connectivity index (χ4v) is 1.94. The summed E-state index contributed by atoms with van der Waals surface area (Å²) < 4.78 is 3.12. The van der Waals surface area contributed by atoms with Gasteiger partial charge in [0.05, 0.1) is 5.56 Å². The predicted octanol–water partition coefficient (Wildman–Crippen LogP) is 2.40. The van der Waals surface area contributed by atoms with Crippen molar-refractivity contribution in [3.8, 4) is 0 Å². The summed E-state index contributed by atoms with van der Waals surface area (Å²) in [4.78, 5) is 22.3. The molecule has 1 aromatic carbocycles. The molecule has 0 aliphatic carbocycles. The first-order valence-corrected chi connectivity index (χ1v) is 5.19. The van der Waals surface area contributed by atoms with E-state index < -0.39 is 10.5 Å². The van der Waals surface area contributed by atoms with Crippen LogP contribution in [0.3, 0.4) is 0 Å². The Morgan fingerprint density at radius 1 is 1.44 bits per heavy atom. The van der Waals surface area contributed by atoms with Crippen LogP contribution in [0.15, 0.2) is 18.2 Å². The predicted molar refractivity (Wildman–Crippen MR) is 59.5 cm³/mol. The molecule has 0 saturated heterocycles. The first-order valence-electron chi connectivity index (χ1n) is 4.43. The second-order valence-corrected chi connectivity index (χ2v) is 4.61. The molecule has 2 rings (SSSR count). The Labute approximate surface area is 101 Å². The van der Waals surface area contributed by atoms with Crippen molar-refractivity contribution >= 4 is 40.8 Å². The molecule has 0 atom stereocenters. The molecular formula is C10H7Cl2NO3. The van der Waals surface area contributed by atoms with Crippen molar-refractivity contribution in [1.29, 1.82) is 0 Å². The van der Waals surface area contributed by atoms with Crippen LogP contribution in [0.1, 0.15) is 22.8 Å². The maximum atomic E-state index is 11.4. The van der Waals surface area contributed by atoms with Crippen molar-refractivity contribution in [2.75, 3.05) is 5.32 Å². The van der Waals surface area contributed by atoms with Crippen LogP contribution in [0.5, 0.6) is 0 Å². The lowest BCUT2D eigenvalue weighted by atomic mass is 10.1. The summed E-state index contributed by atoms with van der Waals surface area (Å²) in [6.07, 6.45) is 0. The van der Waals surface area contributed by atoms with Gasteiger partial charge in [0.1, 0.15) is 0 Å². The van der Waals surface area contributed by atoms with Crippen LogP contribution < -0.4 is 5.32 Å². The molecular weight excluding hydrogens is 253 g/mol. The van der Waals surface area contributed by atoms with Crippen LogP contribution in [0, 0.1) is 0 Å². The second-order valence-electron chi connectivity index (χ2n) is 3.35. The van der Waals surface area contributed by atoms with Gasteiger partial charge in [0.2, 0.25) is 5.91 Å². The Hall–Kier alpha value is -1.26. The largest absolute Gasteiger partial charge is 0.421 e. The van der Waals surface area contributed by atoms with Gasteiger partial charge < -0.3 is 10.1 Å². The molecule has 0 unspecified atom stereocenters. The molecule has 1 N–H and O–H groups in total. The monoisotopic (exact) mass is 259 g/mol. The SMILES string of the molecule is CC(=O)Nc1ccc2c(c1)C(=O)OC2(Cl)Cl. The van der Waals surface area contributed by atoms with Crippen LogP contribution in [0.2, 0.25) is 0 Å². The minimum atomic E-state index is -1.64. The number of alkyl halides is 2. The first kappa shape index (κ1) is 11.2. The zero-order chi connectivity index (χ0) is 11.9. The van der Waals surface area contributed by atoms with Gasteiger partial charge in [0.25, 0.3) is 4.52 Å². The number of esters is 1. The third-order valence-electron chi connectivity index (χ3n) is 2.09. The number of nitrogens with one attached hydrogen (secondary N) is 1. The maximum Gasteiger partial charge on any atom is 0.341 e. The molecule has 0 saturated carbocycles. The average Bonchev–Trinajstić information content (AvgIpc) is 2.36. The summed E-state index contributed by atoms with van der Waals surface area (Å²) in [6.45, 7) is 1.37. The molecule has 0 spiro atoms. The number of hydrogen-bond acceptors (Lipinski definition) is 3. The third-order valence-corrected chi connectivity index (χ3v) is 2.66. The van der Waals surface area contributed by atoms with E-state index in [2.05, 4.69) is 5.32 Å². The molecule has 1 aliphatic heterocycles. The van der Waals surface area contributed by atoms with Crippen LogP contribution in [-0.2, 0) is 14.1 Å². The van der Waals surface area contributed by atoms with Crippen molar-refractivity contribution in [2.24, 2.45) is 0 Å². The second kappa shape index (κ2) is 3.64. The molecule has 16 heavy (non-hydrogen) atoms. The van der Waals surface area contributed by atoms with E-state index in [1.165, 1.54) is 13.0 Å². The number of hydrogen-bond donors (Lipinski definition) is 1. The Bertz CT molecular complexity index is 485. The lowest BCUT2D eigenvalue weighted by Crippen LogP contribution is -2.09. The summed E-state index contributed by atoms with van der Waals surface area (Å²) in [5.41, 5.74) is 1.14. The number of anilines is 1. The van der Waals surface area contributed by atoms with Crippen molar-refractivity contribution in [3.63, 3.8) is 0 Å². The molecule has 6 heteroatoms. The number of rotatable bonds is 1. The van der Waals surface area contributed by atoms with Gasteiger partial charge in [-0.2, -0.15) is 0 Å². The van der Waals surface area contributed by atoms with Gasteiger partial charge >= 0.3 is 5.97 Å². The van der Waals surface area contributed by atoms with Gasteiger partial charge in [-0.15, -0.1) is 0 Å². The summed E-state index contributed by atoms with van der Waals surface area (Å²) in [5, 5.41) is 2.55. The lowest BCUT2D eigenvalue weighted by Gasteiger charge is -2.11. The van der Waals surface area contributed by atoms with E-state index in [0.717, 1.165) is 0 Å². The zero-order valence-corrected chi connectivity index (χ0v) is 9.72. The first-order chi connectivity index (χ1) is 7.40. The van der Waals surface area contributed by atoms with E-state index in [-0.39, 0.29) is 11.5 Å². The third kappa shape index (κ3) is 1.86. The fourth-order valence-electron chi connectivity index (χ4n) is 1.47. The highest BCUT2D eigenvalue weighted by molar-refractivity contribution is 6.48. The topological polar surface area (TPSA) is 55.4 Å². The average molecular weight is 260 g/mol. The van der Waals surface area contributed by atoms with Gasteiger partial charge in [-0.25, -0.2) is 4.79 Å². The van der Waals surface area contributed by atoms with Crippen LogP contribution in [0.4, 0.5) is 5.69 Å². The van der Waals surface area contributed by atoms with Crippen LogP contribution in [0.25, 0.3) is 0 Å². The van der Waals surface area contributed by atoms with Gasteiger partial charge in [-0.1, -0.05) is 23.2 Å². The van der Waals surface area contributed by atoms with Gasteiger partial charge in [0.15, 0.2) is 0 Å². The molecule has 0 aromatic heterocycles. The van der Waals surface area contributed by atoms with E-state index >= 15 is 0 Å². The van der Waals surface area contributed by atoms with E-state index in [0.29, 0.717) is 11.3 Å². The number of fused-ring (bicyclic) bond motifs is 1. The zero-order valence-electron chi connectivity index (χ0n) is 8.21. The van der Waals surface area contributed by atoms with Crippen molar-refractivity contribution in [2.45, 2.75) is 11.4 Å². The summed E-state index contributed by atoms with van der Waals surface area (Å²) in [7, 11) is 0. The number of halogens is 2. The van der Waals surface area contributed by atoms with Crippen LogP contribution in [-0.4, -0.2) is 11.9 Å². The van der Waals surface area contributed by atoms with Crippen molar-refractivity contribution in [3.05, 3.63) is 29.3 Å². The summed E-state index contributed by atoms with van der Waals surface area (Å²) in [5.74, 6) is -0.832. The Morgan fingerprint density at radius 2 is 2.12 bits per heavy atom. The van der Waals surface area contributed by atoms with E-state index in [4.69, 9.17) is 27.9 Å². The summed E-state index contributed by atoms with van der Waals surface area (Å²) in [6, 6.07) is 4.62. The minimum absolute atomic E-state index is 0.227. The molecule has 84 valence electrons. The number of benzene rings is 1. The molecule has 1 aliphatic rings. The number of ether oxygens (including phenoxy) is 1. The quantitative estimate of drug-likeness (QED) is 0.623. The van der Waals surface area contributed by atoms with E-state index in [9.17, 15) is 9.59 Å². The smallest absolute Gasteiger partial charge is 0.341 e. The fraction of sp³-hybridized carbons (Fsp3) is 0.200. The molecule has 0 fully saturated rings. The summed E-state index contributed by atoms with van der Waals surface area (Å²) >= 11 is 11.6. The highest BCUT2D eigenvalue weighted by Gasteiger charge is 2.42. The molecule has 0 bridgehead atoms. The number of cyclic esters (lactones) is 1. The van der Waals surface area contributed by atoms with E-state index in [1.54, 1.807) is 12.1 Å². The molecule has 1 heterocycles. The highest BCUT2D eigenvalue weighted by Crippen LogP contribution is 2.44. The number of amides is 1. The molecule has 1 aromatic rings. The number of carbonyl (C=O) groups is 2. The molecule has 0 radical (unpaired) electrons. The normalized spacial score (nSPS) is 16.6. The minimum Gasteiger partial charge on any atom is -0.421 e. The Kier molecular flexibility index (Phi) is 2.56. The van der Waals surface area contributed by atoms with Gasteiger partial charge in [-0.05, 0) is 18.2 Å². The van der Waals surface area contributed by atoms with Gasteiger partial charge in [0, 0.05) is 18.2 Å². The van der Waals surface area contributed by atoms with Crippen molar-refractivity contribution in [1.82, 2.24) is 0 Å². The standard InChI is InChI=1S/C10H7Cl2NO3/c1-5(14)13-6-2-3-8-7(4-6)9(15)16-10(8,11)12/h2-4H,1H3,(H,13,14). The Balaban J connectivity index is 2.44. The van der Waals surface area contributed by atoms with Gasteiger partial charge in [-0.3, -0.25) is 4.79 Å². The lowest BCUT2D eigenvalue weighted by molar-refractivity contribution is -0.114. The highest BCUT2D eigenvalue weighted by atomic mass is 35.5. The Morgan fingerprint density at radius 3 is 2.75 bits per heavy atom. The number of carbonyl (C=O) groups excluding carboxylic acids is 2.